The van der Waals surface area contributed by atoms with Crippen LogP contribution in [0.2, 0.25) is 0 Å². The lowest BCUT2D eigenvalue weighted by atomic mass is 10.0. The summed E-state index contributed by atoms with van der Waals surface area (Å²) in [6.07, 6.45) is 2.10. The maximum Gasteiger partial charge on any atom is 0.252 e. The normalized spacial score (nSPS) is 20.8. The van der Waals surface area contributed by atoms with Gasteiger partial charge in [-0.05, 0) is 51.8 Å². The van der Waals surface area contributed by atoms with E-state index in [1.165, 1.54) is 22.4 Å². The first kappa shape index (κ1) is 18.7. The monoisotopic (exact) mass is 388 g/mol. The van der Waals surface area contributed by atoms with Gasteiger partial charge in [0, 0.05) is 48.5 Å². The fourth-order valence-corrected chi connectivity index (χ4v) is 5.30. The van der Waals surface area contributed by atoms with E-state index in [-0.39, 0.29) is 5.91 Å². The molecular formula is C20H28N4O2S. The van der Waals surface area contributed by atoms with E-state index in [0.717, 1.165) is 62.7 Å². The first-order valence-electron chi connectivity index (χ1n) is 9.71. The Labute approximate surface area is 164 Å². The number of nitrogens with one attached hydrogen (secondary N) is 1. The smallest absolute Gasteiger partial charge is 0.252 e. The number of aryl methyl sites for hydroxylation is 2. The Balaban J connectivity index is 1.37. The van der Waals surface area contributed by atoms with Crippen LogP contribution in [0.15, 0.2) is 9.90 Å². The van der Waals surface area contributed by atoms with Gasteiger partial charge in [-0.25, -0.2) is 0 Å². The molecule has 0 aromatic carbocycles. The zero-order valence-electron chi connectivity index (χ0n) is 16.4. The number of hydrogen-bond donors (Lipinski definition) is 1. The third kappa shape index (κ3) is 3.95. The third-order valence-corrected chi connectivity index (χ3v) is 6.89. The van der Waals surface area contributed by atoms with Crippen molar-refractivity contribution in [3.63, 3.8) is 0 Å². The van der Waals surface area contributed by atoms with Crippen LogP contribution in [-0.2, 0) is 19.5 Å². The Bertz CT molecular complexity index is 809. The summed E-state index contributed by atoms with van der Waals surface area (Å²) >= 11 is 1.71. The number of nitrogens with zero attached hydrogens (tertiary/aromatic N) is 3. The summed E-state index contributed by atoms with van der Waals surface area (Å²) in [5.41, 5.74) is 4.30. The van der Waals surface area contributed by atoms with Crippen LogP contribution < -0.4 is 5.32 Å². The van der Waals surface area contributed by atoms with Gasteiger partial charge in [0.05, 0.1) is 11.3 Å². The molecule has 1 atom stereocenters. The van der Waals surface area contributed by atoms with Crippen molar-refractivity contribution in [3.8, 4) is 0 Å². The van der Waals surface area contributed by atoms with E-state index in [1.54, 1.807) is 11.3 Å². The van der Waals surface area contributed by atoms with Crippen LogP contribution in [0.3, 0.4) is 0 Å². The first-order chi connectivity index (χ1) is 13.0. The summed E-state index contributed by atoms with van der Waals surface area (Å²) in [4.78, 5) is 18.8. The van der Waals surface area contributed by atoms with Crippen LogP contribution in [0.1, 0.15) is 44.2 Å². The summed E-state index contributed by atoms with van der Waals surface area (Å²) in [5.74, 6) is 1.59. The SMILES string of the molecule is Cc1noc(C)c1CN1CCc2c(C(=O)NCC3CCN(C)C3)csc2C1. The molecule has 1 unspecified atom stereocenters. The Morgan fingerprint density at radius 1 is 1.41 bits per heavy atom. The molecule has 7 heteroatoms. The Hall–Kier alpha value is -1.70. The van der Waals surface area contributed by atoms with E-state index in [4.69, 9.17) is 4.52 Å². The van der Waals surface area contributed by atoms with Crippen molar-refractivity contribution in [3.05, 3.63) is 38.4 Å². The molecule has 2 aliphatic heterocycles. The predicted octanol–water partition coefficient (Wildman–Crippen LogP) is 2.59. The second-order valence-corrected chi connectivity index (χ2v) is 8.91. The van der Waals surface area contributed by atoms with Crippen molar-refractivity contribution < 1.29 is 9.32 Å². The number of carbonyl (C=O) groups is 1. The van der Waals surface area contributed by atoms with E-state index >= 15 is 0 Å². The van der Waals surface area contributed by atoms with Crippen molar-refractivity contribution in [2.24, 2.45) is 5.92 Å². The lowest BCUT2D eigenvalue weighted by molar-refractivity contribution is 0.0946. The van der Waals surface area contributed by atoms with Crippen molar-refractivity contribution in [2.45, 2.75) is 39.8 Å². The topological polar surface area (TPSA) is 61.6 Å². The fourth-order valence-electron chi connectivity index (χ4n) is 4.18. The van der Waals surface area contributed by atoms with E-state index in [9.17, 15) is 4.79 Å². The van der Waals surface area contributed by atoms with Crippen molar-refractivity contribution in [1.29, 1.82) is 0 Å². The number of hydrogen-bond acceptors (Lipinski definition) is 6. The average molecular weight is 389 g/mol. The fraction of sp³-hybridized carbons (Fsp3) is 0.600. The van der Waals surface area contributed by atoms with E-state index in [1.807, 2.05) is 19.2 Å². The van der Waals surface area contributed by atoms with Crippen LogP contribution in [0.5, 0.6) is 0 Å². The maximum atomic E-state index is 12.7. The number of likely N-dealkylation sites (tertiary alicyclic amines) is 1. The summed E-state index contributed by atoms with van der Waals surface area (Å²) in [6, 6.07) is 0. The van der Waals surface area contributed by atoms with Gasteiger partial charge >= 0.3 is 0 Å². The summed E-state index contributed by atoms with van der Waals surface area (Å²) in [7, 11) is 2.14. The third-order valence-electron chi connectivity index (χ3n) is 5.87. The lowest BCUT2D eigenvalue weighted by Gasteiger charge is -2.27. The molecule has 0 saturated carbocycles. The number of rotatable bonds is 5. The van der Waals surface area contributed by atoms with Crippen LogP contribution in [-0.4, -0.2) is 54.1 Å². The van der Waals surface area contributed by atoms with Crippen LogP contribution >= 0.6 is 11.3 Å². The summed E-state index contributed by atoms with van der Waals surface area (Å²) in [6.45, 7) is 9.68. The van der Waals surface area contributed by atoms with Crippen LogP contribution in [0, 0.1) is 19.8 Å². The van der Waals surface area contributed by atoms with Gasteiger partial charge in [0.15, 0.2) is 0 Å². The quantitative estimate of drug-likeness (QED) is 0.853. The Morgan fingerprint density at radius 2 is 2.26 bits per heavy atom. The van der Waals surface area contributed by atoms with Crippen molar-refractivity contribution >= 4 is 17.2 Å². The molecule has 0 spiro atoms. The maximum absolute atomic E-state index is 12.7. The standard InChI is InChI=1S/C20H28N4O2S/c1-13-17(14(2)26-22-13)10-24-7-5-16-18(12-27-19(16)11-24)20(25)21-8-15-4-6-23(3)9-15/h12,15H,4-11H2,1-3H3,(H,21,25). The molecule has 0 bridgehead atoms. The van der Waals surface area contributed by atoms with Gasteiger partial charge in [-0.1, -0.05) is 5.16 Å². The largest absolute Gasteiger partial charge is 0.361 e. The molecule has 0 aliphatic carbocycles. The van der Waals surface area contributed by atoms with Gasteiger partial charge in [-0.3, -0.25) is 9.69 Å². The Morgan fingerprint density at radius 3 is 2.96 bits per heavy atom. The molecule has 4 rings (SSSR count). The predicted molar refractivity (Wildman–Crippen MR) is 106 cm³/mol. The van der Waals surface area contributed by atoms with E-state index in [2.05, 4.69) is 27.3 Å². The molecule has 146 valence electrons. The highest BCUT2D eigenvalue weighted by Gasteiger charge is 2.26. The second kappa shape index (κ2) is 7.73. The Kier molecular flexibility index (Phi) is 5.34. The molecule has 2 aromatic heterocycles. The van der Waals surface area contributed by atoms with Gasteiger partial charge in [0.2, 0.25) is 0 Å². The molecule has 1 N–H and O–H groups in total. The van der Waals surface area contributed by atoms with Gasteiger partial charge in [-0.2, -0.15) is 0 Å². The van der Waals surface area contributed by atoms with Crippen molar-refractivity contribution in [1.82, 2.24) is 20.3 Å². The number of fused-ring (bicyclic) bond motifs is 1. The van der Waals surface area contributed by atoms with Crippen LogP contribution in [0.25, 0.3) is 0 Å². The van der Waals surface area contributed by atoms with Gasteiger partial charge in [-0.15, -0.1) is 11.3 Å². The first-order valence-corrected chi connectivity index (χ1v) is 10.6. The molecule has 2 aliphatic rings. The number of carbonyl (C=O) groups excluding carboxylic acids is 1. The number of thiophene rings is 1. The molecule has 0 radical (unpaired) electrons. The van der Waals surface area contributed by atoms with Crippen molar-refractivity contribution in [2.75, 3.05) is 33.2 Å². The minimum atomic E-state index is 0.0984. The molecule has 27 heavy (non-hydrogen) atoms. The van der Waals surface area contributed by atoms with Crippen LogP contribution in [0.4, 0.5) is 0 Å². The summed E-state index contributed by atoms with van der Waals surface area (Å²) < 4.78 is 5.29. The second-order valence-electron chi connectivity index (χ2n) is 7.94. The molecule has 2 aromatic rings. The molecular weight excluding hydrogens is 360 g/mol. The van der Waals surface area contributed by atoms with Gasteiger partial charge in [0.1, 0.15) is 5.76 Å². The molecule has 6 nitrogen and oxygen atoms in total. The zero-order chi connectivity index (χ0) is 19.0. The molecule has 1 saturated heterocycles. The molecule has 1 amide bonds. The minimum Gasteiger partial charge on any atom is -0.361 e. The highest BCUT2D eigenvalue weighted by molar-refractivity contribution is 7.10. The van der Waals surface area contributed by atoms with Gasteiger partial charge < -0.3 is 14.7 Å². The molecule has 4 heterocycles. The zero-order valence-corrected chi connectivity index (χ0v) is 17.2. The highest BCUT2D eigenvalue weighted by Crippen LogP contribution is 2.30. The number of amides is 1. The van der Waals surface area contributed by atoms with E-state index in [0.29, 0.717) is 5.92 Å². The average Bonchev–Trinajstić information content (AvgIpc) is 3.34. The van der Waals surface area contributed by atoms with Gasteiger partial charge in [0.25, 0.3) is 5.91 Å². The molecule has 1 fully saturated rings. The number of aromatic nitrogens is 1. The van der Waals surface area contributed by atoms with E-state index < -0.39 is 0 Å². The highest BCUT2D eigenvalue weighted by atomic mass is 32.1. The minimum absolute atomic E-state index is 0.0984. The summed E-state index contributed by atoms with van der Waals surface area (Å²) in [5, 5.41) is 9.26. The lowest BCUT2D eigenvalue weighted by Crippen LogP contribution is -2.33.